The van der Waals surface area contributed by atoms with Gasteiger partial charge in [0.2, 0.25) is 0 Å². The summed E-state index contributed by atoms with van der Waals surface area (Å²) in [5.41, 5.74) is 0.998. The van der Waals surface area contributed by atoms with Gasteiger partial charge in [0, 0.05) is 12.6 Å². The van der Waals surface area contributed by atoms with Crippen LogP contribution in [0.4, 0.5) is 0 Å². The van der Waals surface area contributed by atoms with E-state index in [4.69, 9.17) is 4.74 Å². The van der Waals surface area contributed by atoms with Gasteiger partial charge in [0.05, 0.1) is 6.61 Å². The maximum absolute atomic E-state index is 11.3. The Hall–Kier alpha value is -1.61. The molecule has 92 valence electrons. The summed E-state index contributed by atoms with van der Waals surface area (Å²) in [6.45, 7) is 1.39. The molecule has 1 rings (SSSR count). The van der Waals surface area contributed by atoms with Gasteiger partial charge >= 0.3 is 5.97 Å². The number of benzene rings is 1. The summed E-state index contributed by atoms with van der Waals surface area (Å²) in [5, 5.41) is 0. The van der Waals surface area contributed by atoms with Gasteiger partial charge in [-0.3, -0.25) is 0 Å². The summed E-state index contributed by atoms with van der Waals surface area (Å²) in [6, 6.07) is 9.69. The Labute approximate surface area is 103 Å². The van der Waals surface area contributed by atoms with Gasteiger partial charge in [-0.2, -0.15) is 0 Å². The second-order valence-corrected chi connectivity index (χ2v) is 4.07. The fourth-order valence-corrected chi connectivity index (χ4v) is 1.33. The minimum absolute atomic E-state index is 0.285. The molecular formula is C14H19NO2. The van der Waals surface area contributed by atoms with E-state index in [0.29, 0.717) is 6.61 Å². The highest BCUT2D eigenvalue weighted by Gasteiger charge is 1.97. The number of hydrogen-bond donors (Lipinski definition) is 0. The summed E-state index contributed by atoms with van der Waals surface area (Å²) in [6.07, 6.45) is 4.08. The van der Waals surface area contributed by atoms with Crippen LogP contribution >= 0.6 is 0 Å². The van der Waals surface area contributed by atoms with Gasteiger partial charge in [-0.15, -0.1) is 0 Å². The van der Waals surface area contributed by atoms with Crippen molar-refractivity contribution in [3.8, 4) is 0 Å². The smallest absolute Gasteiger partial charge is 0.330 e. The summed E-state index contributed by atoms with van der Waals surface area (Å²) >= 11 is 0. The molecule has 0 spiro atoms. The summed E-state index contributed by atoms with van der Waals surface area (Å²) < 4.78 is 5.06. The maximum Gasteiger partial charge on any atom is 0.330 e. The van der Waals surface area contributed by atoms with Crippen LogP contribution in [0.25, 0.3) is 6.08 Å². The molecule has 0 aromatic heterocycles. The molecule has 1 aromatic carbocycles. The normalized spacial score (nSPS) is 11.0. The minimum Gasteiger partial charge on any atom is -0.462 e. The third kappa shape index (κ3) is 6.53. The monoisotopic (exact) mass is 233 g/mol. The number of rotatable bonds is 6. The Balaban J connectivity index is 2.23. The molecule has 0 N–H and O–H groups in total. The van der Waals surface area contributed by atoms with E-state index < -0.39 is 0 Å². The highest BCUT2D eigenvalue weighted by molar-refractivity contribution is 5.86. The van der Waals surface area contributed by atoms with E-state index in [0.717, 1.165) is 18.5 Å². The van der Waals surface area contributed by atoms with Gasteiger partial charge in [0.1, 0.15) is 0 Å². The standard InChI is InChI=1S/C14H19NO2/c1-15(2)11-6-12-17-14(16)10-9-13-7-4-3-5-8-13/h3-5,7-10H,6,11-12H2,1-2H3/b10-9+. The Morgan fingerprint density at radius 2 is 2.00 bits per heavy atom. The lowest BCUT2D eigenvalue weighted by Crippen LogP contribution is -2.15. The number of ether oxygens (including phenoxy) is 1. The van der Waals surface area contributed by atoms with Crippen LogP contribution in [-0.2, 0) is 9.53 Å². The summed E-state index contributed by atoms with van der Waals surface area (Å²) in [5.74, 6) is -0.285. The van der Waals surface area contributed by atoms with Crippen LogP contribution in [0.2, 0.25) is 0 Å². The number of carbonyl (C=O) groups excluding carboxylic acids is 1. The van der Waals surface area contributed by atoms with E-state index in [1.54, 1.807) is 6.08 Å². The fraction of sp³-hybridized carbons (Fsp3) is 0.357. The molecule has 17 heavy (non-hydrogen) atoms. The lowest BCUT2D eigenvalue weighted by atomic mass is 10.2. The highest BCUT2D eigenvalue weighted by Crippen LogP contribution is 2.01. The molecule has 0 atom stereocenters. The molecule has 0 heterocycles. The van der Waals surface area contributed by atoms with Crippen molar-refractivity contribution < 1.29 is 9.53 Å². The predicted molar refractivity (Wildman–Crippen MR) is 69.6 cm³/mol. The van der Waals surface area contributed by atoms with Gasteiger partial charge in [0.25, 0.3) is 0 Å². The topological polar surface area (TPSA) is 29.5 Å². The first-order chi connectivity index (χ1) is 8.18. The summed E-state index contributed by atoms with van der Waals surface area (Å²) in [4.78, 5) is 13.4. The van der Waals surface area contributed by atoms with Crippen molar-refractivity contribution in [3.63, 3.8) is 0 Å². The van der Waals surface area contributed by atoms with Crippen molar-refractivity contribution in [2.24, 2.45) is 0 Å². The second-order valence-electron chi connectivity index (χ2n) is 4.07. The number of carbonyl (C=O) groups is 1. The molecule has 0 bridgehead atoms. The van der Waals surface area contributed by atoms with Crippen LogP contribution in [0.1, 0.15) is 12.0 Å². The van der Waals surface area contributed by atoms with Gasteiger partial charge in [-0.05, 0) is 32.2 Å². The first kappa shape index (κ1) is 13.5. The van der Waals surface area contributed by atoms with Crippen LogP contribution in [0.15, 0.2) is 36.4 Å². The van der Waals surface area contributed by atoms with Gasteiger partial charge in [-0.25, -0.2) is 4.79 Å². The number of esters is 1. The zero-order valence-corrected chi connectivity index (χ0v) is 10.4. The van der Waals surface area contributed by atoms with E-state index >= 15 is 0 Å². The van der Waals surface area contributed by atoms with E-state index in [2.05, 4.69) is 4.90 Å². The van der Waals surface area contributed by atoms with Crippen LogP contribution in [-0.4, -0.2) is 38.1 Å². The molecule has 0 radical (unpaired) electrons. The Kier molecular flexibility index (Phi) is 6.04. The lowest BCUT2D eigenvalue weighted by molar-refractivity contribution is -0.137. The van der Waals surface area contributed by atoms with Crippen molar-refractivity contribution in [3.05, 3.63) is 42.0 Å². The molecule has 0 saturated carbocycles. The quantitative estimate of drug-likeness (QED) is 0.428. The van der Waals surface area contributed by atoms with Gasteiger partial charge < -0.3 is 9.64 Å². The third-order valence-corrected chi connectivity index (χ3v) is 2.21. The molecule has 1 aromatic rings. The molecule has 0 aliphatic carbocycles. The van der Waals surface area contributed by atoms with Crippen molar-refractivity contribution >= 4 is 12.0 Å². The van der Waals surface area contributed by atoms with Crippen LogP contribution in [0.5, 0.6) is 0 Å². The average molecular weight is 233 g/mol. The van der Waals surface area contributed by atoms with Crippen molar-refractivity contribution in [1.82, 2.24) is 4.90 Å². The van der Waals surface area contributed by atoms with Crippen molar-refractivity contribution in [2.45, 2.75) is 6.42 Å². The van der Waals surface area contributed by atoms with Crippen molar-refractivity contribution in [2.75, 3.05) is 27.2 Å². The molecule has 0 fully saturated rings. The highest BCUT2D eigenvalue weighted by atomic mass is 16.5. The van der Waals surface area contributed by atoms with E-state index in [9.17, 15) is 4.79 Å². The Morgan fingerprint density at radius 1 is 1.29 bits per heavy atom. The molecule has 3 heteroatoms. The minimum atomic E-state index is -0.285. The summed E-state index contributed by atoms with van der Waals surface area (Å²) in [7, 11) is 3.99. The number of hydrogen-bond acceptors (Lipinski definition) is 3. The second kappa shape index (κ2) is 7.63. The molecular weight excluding hydrogens is 214 g/mol. The average Bonchev–Trinajstić information content (AvgIpc) is 2.33. The zero-order valence-electron chi connectivity index (χ0n) is 10.4. The van der Waals surface area contributed by atoms with E-state index in [-0.39, 0.29) is 5.97 Å². The molecule has 0 unspecified atom stereocenters. The first-order valence-corrected chi connectivity index (χ1v) is 5.73. The van der Waals surface area contributed by atoms with Crippen LogP contribution in [0, 0.1) is 0 Å². The van der Waals surface area contributed by atoms with Crippen LogP contribution < -0.4 is 0 Å². The lowest BCUT2D eigenvalue weighted by Gasteiger charge is -2.08. The SMILES string of the molecule is CN(C)CCCOC(=O)/C=C/c1ccccc1. The molecule has 0 saturated heterocycles. The first-order valence-electron chi connectivity index (χ1n) is 5.73. The fourth-order valence-electron chi connectivity index (χ4n) is 1.33. The van der Waals surface area contributed by atoms with E-state index in [1.165, 1.54) is 6.08 Å². The third-order valence-electron chi connectivity index (χ3n) is 2.21. The van der Waals surface area contributed by atoms with E-state index in [1.807, 2.05) is 44.4 Å². The van der Waals surface area contributed by atoms with Gasteiger partial charge in [-0.1, -0.05) is 30.3 Å². The number of nitrogens with zero attached hydrogens (tertiary/aromatic N) is 1. The zero-order chi connectivity index (χ0) is 12.5. The maximum atomic E-state index is 11.3. The molecule has 0 aliphatic heterocycles. The Bertz CT molecular complexity index is 358. The molecule has 0 aliphatic rings. The van der Waals surface area contributed by atoms with Crippen molar-refractivity contribution in [1.29, 1.82) is 0 Å². The Morgan fingerprint density at radius 3 is 2.65 bits per heavy atom. The van der Waals surface area contributed by atoms with Crippen LogP contribution in [0.3, 0.4) is 0 Å². The largest absolute Gasteiger partial charge is 0.462 e. The molecule has 3 nitrogen and oxygen atoms in total. The van der Waals surface area contributed by atoms with Gasteiger partial charge in [0.15, 0.2) is 0 Å². The molecule has 0 amide bonds. The predicted octanol–water partition coefficient (Wildman–Crippen LogP) is 2.19.